The summed E-state index contributed by atoms with van der Waals surface area (Å²) in [6, 6.07) is 0. The third-order valence-corrected chi connectivity index (χ3v) is 1.39. The second kappa shape index (κ2) is 4.96. The Bertz CT molecular complexity index is 12.4. The van der Waals surface area contributed by atoms with Crippen LogP contribution < -0.4 is 0 Å². The van der Waals surface area contributed by atoms with Crippen LogP contribution in [0.5, 0.6) is 0 Å². The minimum Gasteiger partial charge on any atom is -0.0928 e. The van der Waals surface area contributed by atoms with Gasteiger partial charge in [-0.2, -0.15) is 0 Å². The summed E-state index contributed by atoms with van der Waals surface area (Å²) in [4.78, 5) is 0. The normalized spacial score (nSPS) is 8.40. The monoisotopic (exact) mass is 202 g/mol. The van der Waals surface area contributed by atoms with Crippen LogP contribution in [0.4, 0.5) is 0 Å². The molecule has 32 valence electrons. The third-order valence-electron chi connectivity index (χ3n) is 0.267. The predicted octanol–water partition coefficient (Wildman–Crippen LogP) is 2.17. The predicted molar refractivity (Wildman–Crippen MR) is 32.2 cm³/mol. The van der Waals surface area contributed by atoms with E-state index in [0.717, 1.165) is 10.7 Å². The zero-order valence-electron chi connectivity index (χ0n) is 2.88. The van der Waals surface area contributed by atoms with Gasteiger partial charge in [0.25, 0.3) is 0 Å². The van der Waals surface area contributed by atoms with Crippen molar-refractivity contribution in [1.29, 1.82) is 0 Å². The van der Waals surface area contributed by atoms with Crippen molar-refractivity contribution < 1.29 is 0 Å². The molecule has 0 amide bonds. The van der Waals surface area contributed by atoms with Crippen LogP contribution in [-0.4, -0.2) is 10.7 Å². The first-order valence-corrected chi connectivity index (χ1v) is 3.78. The van der Waals surface area contributed by atoms with Gasteiger partial charge >= 0.3 is 0 Å². The largest absolute Gasteiger partial charge is 0.0928 e. The van der Waals surface area contributed by atoms with E-state index in [9.17, 15) is 0 Å². The van der Waals surface area contributed by atoms with Gasteiger partial charge < -0.3 is 0 Å². The van der Waals surface area contributed by atoms with Crippen molar-refractivity contribution in [1.82, 2.24) is 0 Å². The van der Waals surface area contributed by atoms with Gasteiger partial charge in [0.05, 0.1) is 0 Å². The van der Waals surface area contributed by atoms with Gasteiger partial charge in [-0.3, -0.25) is 0 Å². The van der Waals surface area contributed by atoms with E-state index in [4.69, 9.17) is 0 Å². The summed E-state index contributed by atoms with van der Waals surface area (Å²) in [7, 11) is 0. The van der Waals surface area contributed by atoms with Gasteiger partial charge in [0.15, 0.2) is 0 Å². The SMILES string of the molecule is Br[13CH2]C[13CH2]Br. The van der Waals surface area contributed by atoms with Crippen LogP contribution in [0.15, 0.2) is 0 Å². The average molecular weight is 204 g/mol. The molecule has 0 bridgehead atoms. The van der Waals surface area contributed by atoms with E-state index in [2.05, 4.69) is 31.9 Å². The molecule has 0 aliphatic rings. The summed E-state index contributed by atoms with van der Waals surface area (Å²) >= 11 is 6.56. The molecule has 0 unspecified atom stereocenters. The van der Waals surface area contributed by atoms with E-state index in [1.54, 1.807) is 0 Å². The van der Waals surface area contributed by atoms with Crippen LogP contribution in [0, 0.1) is 0 Å². The average Bonchev–Trinajstić information content (AvgIpc) is 1.41. The number of alkyl halides is 2. The Morgan fingerprint density at radius 2 is 1.40 bits per heavy atom. The molecule has 0 fully saturated rings. The highest BCUT2D eigenvalue weighted by atomic mass is 79.9. The van der Waals surface area contributed by atoms with Crippen LogP contribution in [0.2, 0.25) is 0 Å². The quantitative estimate of drug-likeness (QED) is 0.477. The Kier molecular flexibility index (Phi) is 5.91. The molecule has 2 heteroatoms. The first kappa shape index (κ1) is 5.96. The van der Waals surface area contributed by atoms with Crippen LogP contribution in [0.1, 0.15) is 6.42 Å². The maximum Gasteiger partial charge on any atom is 0.00392 e. The lowest BCUT2D eigenvalue weighted by atomic mass is 11.0. The molecule has 0 heterocycles. The van der Waals surface area contributed by atoms with Crippen molar-refractivity contribution in [3.63, 3.8) is 0 Å². The summed E-state index contributed by atoms with van der Waals surface area (Å²) in [6.07, 6.45) is 1.22. The molecule has 0 radical (unpaired) electrons. The first-order valence-electron chi connectivity index (χ1n) is 1.53. The molecule has 5 heavy (non-hydrogen) atoms. The first-order chi connectivity index (χ1) is 2.41. The Labute approximate surface area is 49.2 Å². The molecule has 0 rings (SSSR count). The van der Waals surface area contributed by atoms with Gasteiger partial charge in [0.1, 0.15) is 0 Å². The van der Waals surface area contributed by atoms with Gasteiger partial charge in [-0.05, 0) is 6.42 Å². The van der Waals surface area contributed by atoms with Crippen molar-refractivity contribution in [2.45, 2.75) is 6.42 Å². The van der Waals surface area contributed by atoms with Gasteiger partial charge in [-0.1, -0.05) is 31.9 Å². The van der Waals surface area contributed by atoms with Gasteiger partial charge in [0, 0.05) is 10.7 Å². The van der Waals surface area contributed by atoms with Gasteiger partial charge in [-0.25, -0.2) is 0 Å². The fraction of sp³-hybridized carbons (Fsp3) is 1.00. The molecule has 0 saturated heterocycles. The van der Waals surface area contributed by atoms with Crippen LogP contribution in [0.25, 0.3) is 0 Å². The summed E-state index contributed by atoms with van der Waals surface area (Å²) in [5.74, 6) is 0. The Morgan fingerprint density at radius 3 is 1.40 bits per heavy atom. The molecule has 0 aromatic rings. The summed E-state index contributed by atoms with van der Waals surface area (Å²) in [5, 5.41) is 2.22. The number of hydrogen-bond donors (Lipinski definition) is 0. The lowest BCUT2D eigenvalue weighted by Gasteiger charge is -1.76. The second-order valence-electron chi connectivity index (χ2n) is 0.732. The standard InChI is InChI=1S/C3H6Br2/c4-2-1-3-5/h1-3H2/i2+1,3+1. The Morgan fingerprint density at radius 1 is 1.00 bits per heavy atom. The molecule has 0 saturated carbocycles. The fourth-order valence-corrected chi connectivity index (χ4v) is 1.36. The topological polar surface area (TPSA) is 0 Å². The van der Waals surface area contributed by atoms with E-state index >= 15 is 0 Å². The summed E-state index contributed by atoms with van der Waals surface area (Å²) < 4.78 is 0. The number of halogens is 2. The summed E-state index contributed by atoms with van der Waals surface area (Å²) in [6.45, 7) is 0. The highest BCUT2D eigenvalue weighted by Gasteiger charge is 1.71. The molecular formula is C3H6Br2. The molecule has 0 spiro atoms. The maximum absolute atomic E-state index is 3.28. The molecule has 0 N–H and O–H groups in total. The van der Waals surface area contributed by atoms with Crippen molar-refractivity contribution in [2.24, 2.45) is 0 Å². The van der Waals surface area contributed by atoms with Crippen LogP contribution in [0.3, 0.4) is 0 Å². The van der Waals surface area contributed by atoms with Crippen molar-refractivity contribution in [3.8, 4) is 0 Å². The van der Waals surface area contributed by atoms with Gasteiger partial charge in [0.2, 0.25) is 0 Å². The van der Waals surface area contributed by atoms with E-state index in [1.165, 1.54) is 6.42 Å². The third kappa shape index (κ3) is 4.96. The van der Waals surface area contributed by atoms with Gasteiger partial charge in [-0.15, -0.1) is 0 Å². The van der Waals surface area contributed by atoms with E-state index in [1.807, 2.05) is 0 Å². The van der Waals surface area contributed by atoms with E-state index < -0.39 is 0 Å². The highest BCUT2D eigenvalue weighted by Crippen LogP contribution is 1.90. The Hall–Kier alpha value is 0.960. The highest BCUT2D eigenvalue weighted by molar-refractivity contribution is 9.09. The van der Waals surface area contributed by atoms with E-state index in [0.29, 0.717) is 0 Å². The minimum absolute atomic E-state index is 1.11. The summed E-state index contributed by atoms with van der Waals surface area (Å²) in [5.41, 5.74) is 0. The zero-order chi connectivity index (χ0) is 4.12. The lowest BCUT2D eigenvalue weighted by molar-refractivity contribution is 1.15. The molecule has 0 aliphatic carbocycles. The van der Waals surface area contributed by atoms with Crippen LogP contribution in [-0.2, 0) is 0 Å². The smallest absolute Gasteiger partial charge is 0.00392 e. The minimum atomic E-state index is 1.11. The number of hydrogen-bond acceptors (Lipinski definition) is 0. The second-order valence-corrected chi connectivity index (χ2v) is 2.32. The lowest BCUT2D eigenvalue weighted by Crippen LogP contribution is -1.69. The molecular weight excluding hydrogens is 198 g/mol. The van der Waals surface area contributed by atoms with Crippen LogP contribution >= 0.6 is 31.9 Å². The van der Waals surface area contributed by atoms with Crippen molar-refractivity contribution in [2.75, 3.05) is 10.7 Å². The molecule has 0 aliphatic heterocycles. The van der Waals surface area contributed by atoms with E-state index in [-0.39, 0.29) is 0 Å². The molecule has 0 nitrogen and oxygen atoms in total. The van der Waals surface area contributed by atoms with Crippen molar-refractivity contribution in [3.05, 3.63) is 0 Å². The Balaban J connectivity index is 2.19. The molecule has 0 atom stereocenters. The number of rotatable bonds is 2. The molecule has 0 aromatic heterocycles. The maximum atomic E-state index is 3.28. The molecule has 0 aromatic carbocycles. The fourth-order valence-electron chi connectivity index (χ4n) is 0.0505. The zero-order valence-corrected chi connectivity index (χ0v) is 6.05. The van der Waals surface area contributed by atoms with Crippen molar-refractivity contribution >= 4 is 31.9 Å².